The van der Waals surface area contributed by atoms with E-state index in [2.05, 4.69) is 41.8 Å². The van der Waals surface area contributed by atoms with Gasteiger partial charge in [0.1, 0.15) is 0 Å². The van der Waals surface area contributed by atoms with Gasteiger partial charge in [-0.3, -0.25) is 9.97 Å². The largest absolute Gasteiger partial charge is 0.478 e. The second-order valence-corrected chi connectivity index (χ2v) is 8.88. The molecule has 0 atom stereocenters. The lowest BCUT2D eigenvalue weighted by atomic mass is 9.83. The molecule has 2 N–H and O–H groups in total. The Morgan fingerprint density at radius 2 is 1.13 bits per heavy atom. The maximum Gasteiger partial charge on any atom is 0.337 e. The maximum absolute atomic E-state index is 12.4. The van der Waals surface area contributed by atoms with Gasteiger partial charge in [-0.2, -0.15) is 0 Å². The fraction of sp³-hybridized carbons (Fsp3) is 0.0909. The number of aromatic nitrogens is 2. The molecule has 0 bridgehead atoms. The molecule has 0 fully saturated rings. The first kappa shape index (κ1) is 19.1. The van der Waals surface area contributed by atoms with E-state index in [9.17, 15) is 19.8 Å². The first-order chi connectivity index (χ1) is 14.3. The number of benzene rings is 2. The Morgan fingerprint density at radius 1 is 0.733 bits per heavy atom. The number of aromatic carboxylic acids is 2. The highest BCUT2D eigenvalue weighted by Crippen LogP contribution is 2.42. The van der Waals surface area contributed by atoms with Crippen LogP contribution in [0.2, 0.25) is 0 Å². The summed E-state index contributed by atoms with van der Waals surface area (Å²) in [5.41, 5.74) is 3.08. The number of carbonyl (C=O) groups is 2. The van der Waals surface area contributed by atoms with Crippen molar-refractivity contribution in [3.8, 4) is 11.1 Å². The summed E-state index contributed by atoms with van der Waals surface area (Å²) in [5.74, 6) is -2.26. The summed E-state index contributed by atoms with van der Waals surface area (Å²) in [5, 5.41) is 21.2. The summed E-state index contributed by atoms with van der Waals surface area (Å²) in [6, 6.07) is 10.5. The Hall–Kier alpha value is -2.84. The number of rotatable bonds is 2. The summed E-state index contributed by atoms with van der Waals surface area (Å²) >= 11 is 6.78. The van der Waals surface area contributed by atoms with Crippen LogP contribution in [0.1, 0.15) is 32.1 Å². The molecule has 0 saturated carbocycles. The second-order valence-electron chi connectivity index (χ2n) is 7.05. The standard InChI is InChI=1S/C22H12Br2N2O4/c23-9-1-3-13-11(7-9)17(21(27)28)19-15(25-13)5-6-16-20(19)18(22(29)30)12-8-10(24)2-4-14(12)26-16/h1-4,7-8H,5-6H2,(H,27,28)(H,29,30). The average Bonchev–Trinajstić information content (AvgIpc) is 2.69. The molecule has 1 aliphatic rings. The van der Waals surface area contributed by atoms with Crippen molar-refractivity contribution in [3.05, 3.63) is 67.9 Å². The van der Waals surface area contributed by atoms with Crippen molar-refractivity contribution in [1.82, 2.24) is 9.97 Å². The van der Waals surface area contributed by atoms with Crippen molar-refractivity contribution in [1.29, 1.82) is 0 Å². The summed E-state index contributed by atoms with van der Waals surface area (Å²) in [6.45, 7) is 0. The molecular weight excluding hydrogens is 516 g/mol. The number of carboxylic acids is 2. The van der Waals surface area contributed by atoms with E-state index in [1.165, 1.54) is 0 Å². The molecule has 30 heavy (non-hydrogen) atoms. The van der Waals surface area contributed by atoms with Gasteiger partial charge in [0, 0.05) is 30.8 Å². The lowest BCUT2D eigenvalue weighted by molar-refractivity contribution is 0.0686. The molecular formula is C22H12Br2N2O4. The van der Waals surface area contributed by atoms with Gasteiger partial charge in [-0.05, 0) is 49.2 Å². The Kier molecular flexibility index (Phi) is 4.37. The van der Waals surface area contributed by atoms with Crippen LogP contribution in [0.15, 0.2) is 45.3 Å². The summed E-state index contributed by atoms with van der Waals surface area (Å²) in [7, 11) is 0. The summed E-state index contributed by atoms with van der Waals surface area (Å²) in [4.78, 5) is 34.1. The molecule has 2 aromatic carbocycles. The van der Waals surface area contributed by atoms with Gasteiger partial charge in [0.25, 0.3) is 0 Å². The highest BCUT2D eigenvalue weighted by atomic mass is 79.9. The van der Waals surface area contributed by atoms with E-state index in [4.69, 9.17) is 0 Å². The highest BCUT2D eigenvalue weighted by molar-refractivity contribution is 9.10. The van der Waals surface area contributed by atoms with Crippen LogP contribution in [-0.4, -0.2) is 32.1 Å². The molecule has 4 aromatic rings. The average molecular weight is 528 g/mol. The van der Waals surface area contributed by atoms with Crippen LogP contribution >= 0.6 is 31.9 Å². The third-order valence-electron chi connectivity index (χ3n) is 5.32. The molecule has 0 radical (unpaired) electrons. The lowest BCUT2D eigenvalue weighted by Crippen LogP contribution is -2.17. The van der Waals surface area contributed by atoms with Crippen molar-refractivity contribution >= 4 is 65.6 Å². The number of pyridine rings is 2. The number of carboxylic acid groups (broad SMARTS) is 2. The maximum atomic E-state index is 12.4. The molecule has 2 aromatic heterocycles. The van der Waals surface area contributed by atoms with E-state index in [0.29, 0.717) is 66.1 Å². The first-order valence-corrected chi connectivity index (χ1v) is 10.6. The first-order valence-electron chi connectivity index (χ1n) is 9.06. The number of hydrogen-bond donors (Lipinski definition) is 2. The molecule has 0 amide bonds. The van der Waals surface area contributed by atoms with Crippen LogP contribution in [0.5, 0.6) is 0 Å². The van der Waals surface area contributed by atoms with E-state index in [-0.39, 0.29) is 11.1 Å². The predicted molar refractivity (Wildman–Crippen MR) is 119 cm³/mol. The molecule has 0 unspecified atom stereocenters. The molecule has 2 heterocycles. The number of aryl methyl sites for hydroxylation is 2. The van der Waals surface area contributed by atoms with Crippen molar-refractivity contribution < 1.29 is 19.8 Å². The van der Waals surface area contributed by atoms with E-state index in [0.717, 1.165) is 0 Å². The van der Waals surface area contributed by atoms with Gasteiger partial charge >= 0.3 is 11.9 Å². The third kappa shape index (κ3) is 2.82. The Balaban J connectivity index is 2.01. The van der Waals surface area contributed by atoms with Gasteiger partial charge in [0.05, 0.1) is 33.5 Å². The molecule has 6 nitrogen and oxygen atoms in total. The Labute approximate surface area is 186 Å². The lowest BCUT2D eigenvalue weighted by Gasteiger charge is -2.24. The normalized spacial score (nSPS) is 12.6. The number of hydrogen-bond acceptors (Lipinski definition) is 4. The van der Waals surface area contributed by atoms with Crippen LogP contribution in [0.25, 0.3) is 32.9 Å². The second kappa shape index (κ2) is 6.85. The summed E-state index contributed by atoms with van der Waals surface area (Å²) < 4.78 is 1.43. The van der Waals surface area contributed by atoms with Gasteiger partial charge in [-0.1, -0.05) is 31.9 Å². The smallest absolute Gasteiger partial charge is 0.337 e. The van der Waals surface area contributed by atoms with Crippen molar-refractivity contribution in [2.45, 2.75) is 12.8 Å². The topological polar surface area (TPSA) is 100 Å². The summed E-state index contributed by atoms with van der Waals surface area (Å²) in [6.07, 6.45) is 0.978. The molecule has 0 spiro atoms. The van der Waals surface area contributed by atoms with Crippen LogP contribution in [-0.2, 0) is 12.8 Å². The fourth-order valence-corrected chi connectivity index (χ4v) is 4.88. The Bertz CT molecular complexity index is 1320. The zero-order valence-electron chi connectivity index (χ0n) is 15.2. The SMILES string of the molecule is O=C(O)c1c2c(nc3ccc(Br)cc13)CCc1nc3ccc(Br)cc3c(C(=O)O)c1-2. The van der Waals surface area contributed by atoms with E-state index in [1.807, 2.05) is 0 Å². The monoisotopic (exact) mass is 526 g/mol. The van der Waals surface area contributed by atoms with Crippen LogP contribution in [0.4, 0.5) is 0 Å². The minimum atomic E-state index is -1.13. The molecule has 1 aliphatic carbocycles. The third-order valence-corrected chi connectivity index (χ3v) is 6.31. The predicted octanol–water partition coefficient (Wildman–Crippen LogP) is 5.47. The van der Waals surface area contributed by atoms with Crippen LogP contribution < -0.4 is 0 Å². The molecule has 0 aliphatic heterocycles. The van der Waals surface area contributed by atoms with Gasteiger partial charge in [-0.25, -0.2) is 9.59 Å². The van der Waals surface area contributed by atoms with Crippen LogP contribution in [0.3, 0.4) is 0 Å². The minimum Gasteiger partial charge on any atom is -0.478 e. The van der Waals surface area contributed by atoms with E-state index in [1.54, 1.807) is 36.4 Å². The van der Waals surface area contributed by atoms with Gasteiger partial charge in [0.2, 0.25) is 0 Å². The van der Waals surface area contributed by atoms with Crippen molar-refractivity contribution in [3.63, 3.8) is 0 Å². The van der Waals surface area contributed by atoms with Crippen LogP contribution in [0, 0.1) is 0 Å². The highest BCUT2D eigenvalue weighted by Gasteiger charge is 2.32. The molecule has 0 saturated heterocycles. The van der Waals surface area contributed by atoms with Crippen molar-refractivity contribution in [2.24, 2.45) is 0 Å². The number of halogens is 2. The minimum absolute atomic E-state index is 0.0518. The zero-order chi connectivity index (χ0) is 21.2. The number of fused-ring (bicyclic) bond motifs is 5. The number of nitrogens with zero attached hydrogens (tertiary/aromatic N) is 2. The van der Waals surface area contributed by atoms with E-state index < -0.39 is 11.9 Å². The van der Waals surface area contributed by atoms with E-state index >= 15 is 0 Å². The van der Waals surface area contributed by atoms with Crippen molar-refractivity contribution in [2.75, 3.05) is 0 Å². The van der Waals surface area contributed by atoms with Gasteiger partial charge in [0.15, 0.2) is 0 Å². The fourth-order valence-electron chi connectivity index (χ4n) is 4.15. The molecule has 8 heteroatoms. The molecule has 5 rings (SSSR count). The Morgan fingerprint density at radius 3 is 1.50 bits per heavy atom. The van der Waals surface area contributed by atoms with Gasteiger partial charge in [-0.15, -0.1) is 0 Å². The van der Waals surface area contributed by atoms with Gasteiger partial charge < -0.3 is 10.2 Å². The quantitative estimate of drug-likeness (QED) is 0.358. The molecule has 148 valence electrons. The zero-order valence-corrected chi connectivity index (χ0v) is 18.4.